The molecule has 0 aromatic rings. The Kier molecular flexibility index (Phi) is 10.9. The van der Waals surface area contributed by atoms with E-state index in [1.54, 1.807) is 0 Å². The molecule has 1 aliphatic heterocycles. The van der Waals surface area contributed by atoms with E-state index in [0.717, 1.165) is 25.7 Å². The van der Waals surface area contributed by atoms with Gasteiger partial charge in [-0.2, -0.15) is 0 Å². The summed E-state index contributed by atoms with van der Waals surface area (Å²) in [5.74, 6) is 0. The molecule has 0 aliphatic carbocycles. The number of aliphatic hydroxyl groups is 4. The molecule has 1 saturated heterocycles. The molecule has 0 amide bonds. The van der Waals surface area contributed by atoms with Crippen molar-refractivity contribution in [1.29, 1.82) is 0 Å². The molecule has 0 saturated carbocycles. The zero-order valence-electron chi connectivity index (χ0n) is 10.7. The van der Waals surface area contributed by atoms with E-state index < -0.39 is 37.3 Å². The van der Waals surface area contributed by atoms with Gasteiger partial charge in [0.1, 0.15) is 24.4 Å². The van der Waals surface area contributed by atoms with Crippen LogP contribution < -0.4 is 0 Å². The Bertz CT molecular complexity index is 230. The summed E-state index contributed by atoms with van der Waals surface area (Å²) in [5.41, 5.74) is 0. The van der Waals surface area contributed by atoms with E-state index in [1.807, 2.05) is 0 Å². The molecule has 0 bridgehead atoms. The van der Waals surface area contributed by atoms with Gasteiger partial charge in [0.2, 0.25) is 0 Å². The normalized spacial score (nSPS) is 32.1. The van der Waals surface area contributed by atoms with Crippen molar-refractivity contribution in [2.45, 2.75) is 63.3 Å². The second-order valence-electron chi connectivity index (χ2n) is 4.63. The second kappa shape index (κ2) is 10.5. The first kappa shape index (κ1) is 19.8. The molecule has 110 valence electrons. The molecule has 1 heterocycles. The Balaban J connectivity index is 0.00000324. The third kappa shape index (κ3) is 5.95. The molecule has 1 aliphatic rings. The summed E-state index contributed by atoms with van der Waals surface area (Å²) in [6, 6.07) is 0. The summed E-state index contributed by atoms with van der Waals surface area (Å²) in [5, 5.41) is 37.5. The SMILES string of the molecule is CCCCCCO[C@H]1O[C@@H]([C@H](O)CO)[C@H](O)[C@H]1O.[NaH]. The molecule has 4 N–H and O–H groups in total. The summed E-state index contributed by atoms with van der Waals surface area (Å²) >= 11 is 0. The quantitative estimate of drug-likeness (QED) is 0.328. The Morgan fingerprint density at radius 3 is 2.42 bits per heavy atom. The molecule has 0 aromatic carbocycles. The summed E-state index contributed by atoms with van der Waals surface area (Å²) in [4.78, 5) is 0. The topological polar surface area (TPSA) is 99.4 Å². The van der Waals surface area contributed by atoms with Crippen molar-refractivity contribution in [2.75, 3.05) is 13.2 Å². The molecule has 0 unspecified atom stereocenters. The average Bonchev–Trinajstić information content (AvgIpc) is 2.66. The zero-order valence-corrected chi connectivity index (χ0v) is 10.7. The van der Waals surface area contributed by atoms with E-state index in [1.165, 1.54) is 0 Å². The molecule has 19 heavy (non-hydrogen) atoms. The number of unbranched alkanes of at least 4 members (excludes halogenated alkanes) is 3. The molecule has 5 atom stereocenters. The van der Waals surface area contributed by atoms with Crippen LogP contribution in [0.4, 0.5) is 0 Å². The summed E-state index contributed by atoms with van der Waals surface area (Å²) in [6.07, 6.45) is -1.43. The maximum absolute atomic E-state index is 9.68. The molecular weight excluding hydrogens is 263 g/mol. The standard InChI is InChI=1S/C12H24O6.Na.H/c1-2-3-4-5-6-17-12-10(16)9(15)11(18-12)8(14)7-13;;/h8-16H,2-7H2,1H3;;/t8-,9-,10-,11+,12+;;/m1../s1. The van der Waals surface area contributed by atoms with Crippen LogP contribution in [0.15, 0.2) is 0 Å². The minimum absolute atomic E-state index is 0. The van der Waals surface area contributed by atoms with Crippen molar-refractivity contribution in [3.8, 4) is 0 Å². The van der Waals surface area contributed by atoms with Crippen LogP contribution in [0.25, 0.3) is 0 Å². The predicted molar refractivity (Wildman–Crippen MR) is 71.0 cm³/mol. The van der Waals surface area contributed by atoms with Crippen molar-refractivity contribution >= 4 is 29.6 Å². The molecule has 7 heteroatoms. The van der Waals surface area contributed by atoms with E-state index in [2.05, 4.69) is 6.92 Å². The van der Waals surface area contributed by atoms with E-state index in [-0.39, 0.29) is 29.6 Å². The average molecular weight is 288 g/mol. The van der Waals surface area contributed by atoms with Gasteiger partial charge in [-0.3, -0.25) is 0 Å². The van der Waals surface area contributed by atoms with Crippen LogP contribution >= 0.6 is 0 Å². The fourth-order valence-corrected chi connectivity index (χ4v) is 1.96. The monoisotopic (exact) mass is 288 g/mol. The third-order valence-electron chi connectivity index (χ3n) is 3.10. The molecule has 1 rings (SSSR count). The van der Waals surface area contributed by atoms with E-state index in [0.29, 0.717) is 6.61 Å². The Labute approximate surface area is 136 Å². The molecule has 0 aromatic heterocycles. The Morgan fingerprint density at radius 2 is 1.84 bits per heavy atom. The number of hydrogen-bond acceptors (Lipinski definition) is 6. The number of rotatable bonds is 8. The van der Waals surface area contributed by atoms with Crippen LogP contribution in [0.1, 0.15) is 32.6 Å². The maximum atomic E-state index is 9.68. The number of aliphatic hydroxyl groups excluding tert-OH is 4. The Morgan fingerprint density at radius 1 is 1.16 bits per heavy atom. The van der Waals surface area contributed by atoms with Crippen molar-refractivity contribution in [3.63, 3.8) is 0 Å². The first-order chi connectivity index (χ1) is 8.61. The van der Waals surface area contributed by atoms with Crippen molar-refractivity contribution < 1.29 is 29.9 Å². The van der Waals surface area contributed by atoms with Gasteiger partial charge < -0.3 is 29.9 Å². The van der Waals surface area contributed by atoms with Gasteiger partial charge in [-0.25, -0.2) is 0 Å². The first-order valence-electron chi connectivity index (χ1n) is 6.54. The zero-order chi connectivity index (χ0) is 13.5. The first-order valence-corrected chi connectivity index (χ1v) is 6.54. The Hall–Kier alpha value is 0.760. The van der Waals surface area contributed by atoms with Crippen LogP contribution in [-0.4, -0.2) is 93.9 Å². The van der Waals surface area contributed by atoms with Gasteiger partial charge in [0.05, 0.1) is 6.61 Å². The van der Waals surface area contributed by atoms with Crippen LogP contribution in [0.3, 0.4) is 0 Å². The van der Waals surface area contributed by atoms with E-state index in [9.17, 15) is 15.3 Å². The van der Waals surface area contributed by atoms with Crippen molar-refractivity contribution in [3.05, 3.63) is 0 Å². The van der Waals surface area contributed by atoms with Crippen molar-refractivity contribution in [1.82, 2.24) is 0 Å². The minimum atomic E-state index is -1.24. The van der Waals surface area contributed by atoms with Gasteiger partial charge in [-0.1, -0.05) is 26.2 Å². The van der Waals surface area contributed by atoms with E-state index >= 15 is 0 Å². The van der Waals surface area contributed by atoms with Crippen LogP contribution in [0, 0.1) is 0 Å². The summed E-state index contributed by atoms with van der Waals surface area (Å²) in [7, 11) is 0. The van der Waals surface area contributed by atoms with Crippen LogP contribution in [0.5, 0.6) is 0 Å². The molecule has 0 spiro atoms. The van der Waals surface area contributed by atoms with Gasteiger partial charge in [-0.05, 0) is 6.42 Å². The third-order valence-corrected chi connectivity index (χ3v) is 3.10. The van der Waals surface area contributed by atoms with Gasteiger partial charge in [0.25, 0.3) is 0 Å². The molecule has 1 fully saturated rings. The predicted octanol–water partition coefficient (Wildman–Crippen LogP) is -1.27. The fraction of sp³-hybridized carbons (Fsp3) is 1.00. The fourth-order valence-electron chi connectivity index (χ4n) is 1.96. The summed E-state index contributed by atoms with van der Waals surface area (Å²) in [6.45, 7) is 2.02. The molecular formula is C12H25NaO6. The van der Waals surface area contributed by atoms with E-state index in [4.69, 9.17) is 14.6 Å². The molecule has 0 radical (unpaired) electrons. The van der Waals surface area contributed by atoms with Crippen LogP contribution in [0.2, 0.25) is 0 Å². The van der Waals surface area contributed by atoms with Gasteiger partial charge >= 0.3 is 29.6 Å². The number of ether oxygens (including phenoxy) is 2. The number of hydrogen-bond donors (Lipinski definition) is 4. The summed E-state index contributed by atoms with van der Waals surface area (Å²) < 4.78 is 10.5. The molecule has 6 nitrogen and oxygen atoms in total. The van der Waals surface area contributed by atoms with Gasteiger partial charge in [0, 0.05) is 6.61 Å². The van der Waals surface area contributed by atoms with Gasteiger partial charge in [-0.15, -0.1) is 0 Å². The van der Waals surface area contributed by atoms with Crippen molar-refractivity contribution in [2.24, 2.45) is 0 Å². The van der Waals surface area contributed by atoms with Crippen LogP contribution in [-0.2, 0) is 9.47 Å². The van der Waals surface area contributed by atoms with Gasteiger partial charge in [0.15, 0.2) is 6.29 Å². The second-order valence-corrected chi connectivity index (χ2v) is 4.63.